The fourth-order valence-corrected chi connectivity index (χ4v) is 2.91. The number of imidazole rings is 1. The van der Waals surface area contributed by atoms with Crippen LogP contribution in [-0.4, -0.2) is 21.1 Å². The molecule has 3 atom stereocenters. The van der Waals surface area contributed by atoms with Gasteiger partial charge in [0, 0.05) is 30.4 Å². The van der Waals surface area contributed by atoms with E-state index in [-0.39, 0.29) is 23.4 Å². The van der Waals surface area contributed by atoms with Crippen molar-refractivity contribution in [2.75, 3.05) is 0 Å². The number of aryl methyl sites for hydroxylation is 1. The summed E-state index contributed by atoms with van der Waals surface area (Å²) in [5.41, 5.74) is 1.01. The Bertz CT molecular complexity index is 804. The van der Waals surface area contributed by atoms with Gasteiger partial charge in [-0.3, -0.25) is 9.59 Å². The average Bonchev–Trinajstić information content (AvgIpc) is 3.22. The Hall–Kier alpha value is -2.45. The lowest BCUT2D eigenvalue weighted by Crippen LogP contribution is -2.26. The summed E-state index contributed by atoms with van der Waals surface area (Å²) in [5.74, 6) is -2.24. The third kappa shape index (κ3) is 2.90. The van der Waals surface area contributed by atoms with Crippen molar-refractivity contribution < 1.29 is 9.59 Å². The van der Waals surface area contributed by atoms with E-state index in [0.717, 1.165) is 5.56 Å². The summed E-state index contributed by atoms with van der Waals surface area (Å²) in [6.07, 6.45) is 3.74. The Kier molecular flexibility index (Phi) is 4.01. The van der Waals surface area contributed by atoms with Crippen LogP contribution in [0.3, 0.4) is 0 Å². The summed E-state index contributed by atoms with van der Waals surface area (Å²) in [5, 5.41) is 9.92. The molecular formula is C17H14ClN3O2. The van der Waals surface area contributed by atoms with E-state index in [0.29, 0.717) is 11.4 Å². The van der Waals surface area contributed by atoms with E-state index in [9.17, 15) is 14.9 Å². The van der Waals surface area contributed by atoms with Crippen molar-refractivity contribution in [2.45, 2.75) is 12.3 Å². The molecule has 0 N–H and O–H groups in total. The van der Waals surface area contributed by atoms with Crippen molar-refractivity contribution >= 4 is 23.2 Å². The molecule has 0 amide bonds. The van der Waals surface area contributed by atoms with Crippen molar-refractivity contribution in [3.63, 3.8) is 0 Å². The Morgan fingerprint density at radius 2 is 2.09 bits per heavy atom. The molecule has 1 aliphatic rings. The van der Waals surface area contributed by atoms with Crippen LogP contribution in [0.1, 0.15) is 28.5 Å². The summed E-state index contributed by atoms with van der Waals surface area (Å²) >= 11 is 5.86. The van der Waals surface area contributed by atoms with Gasteiger partial charge in [0.25, 0.3) is 0 Å². The fraction of sp³-hybridized carbons (Fsp3) is 0.294. The maximum Gasteiger partial charge on any atom is 0.222 e. The van der Waals surface area contributed by atoms with E-state index >= 15 is 0 Å². The molecule has 1 aliphatic carbocycles. The number of carbonyl (C=O) groups excluding carboxylic acids is 2. The van der Waals surface area contributed by atoms with Gasteiger partial charge in [-0.1, -0.05) is 23.7 Å². The van der Waals surface area contributed by atoms with E-state index in [1.165, 1.54) is 10.8 Å². The Morgan fingerprint density at radius 3 is 2.65 bits per heavy atom. The van der Waals surface area contributed by atoms with Crippen molar-refractivity contribution in [1.29, 1.82) is 5.26 Å². The van der Waals surface area contributed by atoms with Gasteiger partial charge in [-0.25, -0.2) is 4.98 Å². The highest BCUT2D eigenvalue weighted by molar-refractivity contribution is 6.30. The second kappa shape index (κ2) is 5.98. The maximum atomic E-state index is 12.5. The first-order valence-electron chi connectivity index (χ1n) is 7.23. The number of carbonyl (C=O) groups is 2. The SMILES string of the molecule is Cn1ccnc1C(=O)[C@H](C#N)C(=O)[C@@H]1C[C@H]1c1ccc(Cl)cc1. The third-order valence-corrected chi connectivity index (χ3v) is 4.42. The minimum atomic E-state index is -1.29. The number of rotatable bonds is 5. The first-order chi connectivity index (χ1) is 11.0. The molecule has 5 nitrogen and oxygen atoms in total. The summed E-state index contributed by atoms with van der Waals surface area (Å²) in [4.78, 5) is 28.8. The lowest BCUT2D eigenvalue weighted by molar-refractivity contribution is -0.121. The number of benzene rings is 1. The number of hydrogen-bond acceptors (Lipinski definition) is 4. The predicted octanol–water partition coefficient (Wildman–Crippen LogP) is 2.77. The molecule has 0 saturated heterocycles. The Labute approximate surface area is 138 Å². The van der Waals surface area contributed by atoms with Crippen molar-refractivity contribution in [3.05, 3.63) is 53.1 Å². The number of nitriles is 1. The highest BCUT2D eigenvalue weighted by Gasteiger charge is 2.48. The van der Waals surface area contributed by atoms with Crippen molar-refractivity contribution in [1.82, 2.24) is 9.55 Å². The largest absolute Gasteiger partial charge is 0.332 e. The van der Waals surface area contributed by atoms with Crippen LogP contribution in [0.25, 0.3) is 0 Å². The zero-order valence-electron chi connectivity index (χ0n) is 12.4. The van der Waals surface area contributed by atoms with Crippen molar-refractivity contribution in [3.8, 4) is 6.07 Å². The molecule has 6 heteroatoms. The van der Waals surface area contributed by atoms with Crippen LogP contribution in [0.2, 0.25) is 5.02 Å². The second-order valence-electron chi connectivity index (χ2n) is 5.69. The van der Waals surface area contributed by atoms with Crippen molar-refractivity contribution in [2.24, 2.45) is 18.9 Å². The zero-order valence-corrected chi connectivity index (χ0v) is 13.2. The van der Waals surface area contributed by atoms with E-state index in [2.05, 4.69) is 4.98 Å². The highest BCUT2D eigenvalue weighted by atomic mass is 35.5. The molecule has 0 aliphatic heterocycles. The van der Waals surface area contributed by atoms with E-state index in [4.69, 9.17) is 11.6 Å². The highest BCUT2D eigenvalue weighted by Crippen LogP contribution is 2.49. The number of aromatic nitrogens is 2. The zero-order chi connectivity index (χ0) is 16.6. The van der Waals surface area contributed by atoms with Crippen LogP contribution in [0.5, 0.6) is 0 Å². The molecule has 1 saturated carbocycles. The van der Waals surface area contributed by atoms with E-state index in [1.807, 2.05) is 18.2 Å². The quantitative estimate of drug-likeness (QED) is 0.625. The van der Waals surface area contributed by atoms with Gasteiger partial charge in [-0.2, -0.15) is 5.26 Å². The summed E-state index contributed by atoms with van der Waals surface area (Å²) < 4.78 is 1.52. The molecule has 0 radical (unpaired) electrons. The number of ketones is 2. The fourth-order valence-electron chi connectivity index (χ4n) is 2.79. The number of nitrogens with zero attached hydrogens (tertiary/aromatic N) is 3. The van der Waals surface area contributed by atoms with Gasteiger partial charge in [0.1, 0.15) is 0 Å². The van der Waals surface area contributed by atoms with Crippen LogP contribution in [0.4, 0.5) is 0 Å². The monoisotopic (exact) mass is 327 g/mol. The van der Waals surface area contributed by atoms with Crippen LogP contribution in [0, 0.1) is 23.2 Å². The molecule has 1 aromatic carbocycles. The number of Topliss-reactive ketones (excluding diaryl/α,β-unsaturated/α-hetero) is 2. The molecule has 1 heterocycles. The third-order valence-electron chi connectivity index (χ3n) is 4.17. The standard InChI is InChI=1S/C17H14ClN3O2/c1-21-7-6-20-17(21)16(23)14(9-19)15(22)13-8-12(13)10-2-4-11(18)5-3-10/h2-7,12-14H,8H2,1H3/t12-,13+,14+/m0/s1. The molecule has 1 fully saturated rings. The Morgan fingerprint density at radius 1 is 1.39 bits per heavy atom. The smallest absolute Gasteiger partial charge is 0.222 e. The summed E-state index contributed by atoms with van der Waals surface area (Å²) in [6.45, 7) is 0. The maximum absolute atomic E-state index is 12.5. The van der Waals surface area contributed by atoms with Crippen LogP contribution in [0.15, 0.2) is 36.7 Å². The summed E-state index contributed by atoms with van der Waals surface area (Å²) in [6, 6.07) is 9.15. The summed E-state index contributed by atoms with van der Waals surface area (Å²) in [7, 11) is 1.66. The predicted molar refractivity (Wildman–Crippen MR) is 83.9 cm³/mol. The Balaban J connectivity index is 1.75. The first-order valence-corrected chi connectivity index (χ1v) is 7.61. The lowest BCUT2D eigenvalue weighted by Gasteiger charge is -2.07. The molecule has 116 valence electrons. The molecule has 0 spiro atoms. The normalized spacial score (nSPS) is 20.6. The molecule has 23 heavy (non-hydrogen) atoms. The van der Waals surface area contributed by atoms with E-state index in [1.54, 1.807) is 25.4 Å². The van der Waals surface area contributed by atoms with Gasteiger partial charge >= 0.3 is 0 Å². The first kappa shape index (κ1) is 15.4. The molecule has 3 rings (SSSR count). The van der Waals surface area contributed by atoms with Gasteiger partial charge in [0.05, 0.1) is 6.07 Å². The minimum Gasteiger partial charge on any atom is -0.332 e. The van der Waals surface area contributed by atoms with Gasteiger partial charge in [-0.15, -0.1) is 0 Å². The van der Waals surface area contributed by atoms with Crippen LogP contribution in [-0.2, 0) is 11.8 Å². The lowest BCUT2D eigenvalue weighted by atomic mass is 9.94. The molecular weight excluding hydrogens is 314 g/mol. The molecule has 0 bridgehead atoms. The average molecular weight is 328 g/mol. The van der Waals surface area contributed by atoms with Crippen LogP contribution >= 0.6 is 11.6 Å². The van der Waals surface area contributed by atoms with Gasteiger partial charge in [-0.05, 0) is 30.0 Å². The van der Waals surface area contributed by atoms with Gasteiger partial charge in [0.15, 0.2) is 17.5 Å². The topological polar surface area (TPSA) is 75.8 Å². The molecule has 1 aromatic heterocycles. The molecule has 2 aromatic rings. The number of hydrogen-bond donors (Lipinski definition) is 0. The second-order valence-corrected chi connectivity index (χ2v) is 6.13. The van der Waals surface area contributed by atoms with E-state index < -0.39 is 11.7 Å². The van der Waals surface area contributed by atoms with Gasteiger partial charge in [0.2, 0.25) is 5.78 Å². The number of halogens is 1. The molecule has 0 unspecified atom stereocenters. The van der Waals surface area contributed by atoms with Gasteiger partial charge < -0.3 is 4.57 Å². The van der Waals surface area contributed by atoms with Crippen LogP contribution < -0.4 is 0 Å². The minimum absolute atomic E-state index is 0.0600.